The van der Waals surface area contributed by atoms with Crippen LogP contribution in [0, 0.1) is 10.1 Å². The van der Waals surface area contributed by atoms with Crippen LogP contribution in [0.25, 0.3) is 0 Å². The number of nitro benzene ring substituents is 1. The van der Waals surface area contributed by atoms with Crippen LogP contribution in [-0.2, 0) is 0 Å². The minimum absolute atomic E-state index is 0.135. The minimum Gasteiger partial charge on any atom is -0.487 e. The summed E-state index contributed by atoms with van der Waals surface area (Å²) in [6.45, 7) is 2.03. The number of nitrogens with one attached hydrogen (secondary N) is 1. The summed E-state index contributed by atoms with van der Waals surface area (Å²) < 4.78 is 5.18. The summed E-state index contributed by atoms with van der Waals surface area (Å²) in [6.07, 6.45) is 0. The number of ether oxygens (including phenoxy) is 1. The number of nitro groups is 1. The van der Waals surface area contributed by atoms with E-state index in [2.05, 4.69) is 5.32 Å². The predicted molar refractivity (Wildman–Crippen MR) is 83.7 cm³/mol. The van der Waals surface area contributed by atoms with Crippen LogP contribution in [0.4, 0.5) is 11.4 Å². The van der Waals surface area contributed by atoms with Crippen molar-refractivity contribution in [3.63, 3.8) is 0 Å². The van der Waals surface area contributed by atoms with Crippen molar-refractivity contribution in [2.24, 2.45) is 0 Å². The summed E-state index contributed by atoms with van der Waals surface area (Å²) >= 11 is 5.77. The number of halogens is 1. The van der Waals surface area contributed by atoms with Crippen LogP contribution in [-0.4, -0.2) is 17.4 Å². The van der Waals surface area contributed by atoms with Crippen molar-refractivity contribution in [3.8, 4) is 5.75 Å². The summed E-state index contributed by atoms with van der Waals surface area (Å²) in [5.74, 6) is -0.316. The fourth-order valence-corrected chi connectivity index (χ4v) is 1.94. The SMILES string of the molecule is CCOc1ccc(C(=O)Nc2ccc(Cl)cc2)cc1[N+](=O)[O-]. The van der Waals surface area contributed by atoms with Crippen LogP contribution >= 0.6 is 11.6 Å². The third-order valence-corrected chi connectivity index (χ3v) is 3.07. The molecule has 0 spiro atoms. The second-order valence-corrected chi connectivity index (χ2v) is 4.77. The maximum atomic E-state index is 12.1. The molecule has 0 aliphatic rings. The van der Waals surface area contributed by atoms with Crippen LogP contribution in [0.1, 0.15) is 17.3 Å². The Hall–Kier alpha value is -2.60. The highest BCUT2D eigenvalue weighted by molar-refractivity contribution is 6.30. The third kappa shape index (κ3) is 3.73. The van der Waals surface area contributed by atoms with E-state index in [4.69, 9.17) is 16.3 Å². The molecule has 0 saturated carbocycles. The smallest absolute Gasteiger partial charge is 0.311 e. The van der Waals surface area contributed by atoms with E-state index in [0.29, 0.717) is 17.3 Å². The number of carbonyl (C=O) groups is 1. The number of nitrogens with zero attached hydrogens (tertiary/aromatic N) is 1. The van der Waals surface area contributed by atoms with Gasteiger partial charge in [0.25, 0.3) is 5.91 Å². The molecule has 0 aliphatic carbocycles. The molecule has 1 amide bonds. The lowest BCUT2D eigenvalue weighted by atomic mass is 10.1. The van der Waals surface area contributed by atoms with Crippen LogP contribution in [0.15, 0.2) is 42.5 Å². The first-order chi connectivity index (χ1) is 10.5. The molecule has 0 atom stereocenters. The van der Waals surface area contributed by atoms with E-state index in [-0.39, 0.29) is 17.0 Å². The molecule has 6 nitrogen and oxygen atoms in total. The molecule has 22 heavy (non-hydrogen) atoms. The Kier molecular flexibility index (Phi) is 4.95. The zero-order chi connectivity index (χ0) is 16.1. The molecule has 114 valence electrons. The quantitative estimate of drug-likeness (QED) is 0.669. The van der Waals surface area contributed by atoms with E-state index in [1.54, 1.807) is 31.2 Å². The van der Waals surface area contributed by atoms with E-state index in [9.17, 15) is 14.9 Å². The number of rotatable bonds is 5. The van der Waals surface area contributed by atoms with Crippen molar-refractivity contribution < 1.29 is 14.5 Å². The lowest BCUT2D eigenvalue weighted by molar-refractivity contribution is -0.385. The lowest BCUT2D eigenvalue weighted by Crippen LogP contribution is -2.12. The molecule has 0 unspecified atom stereocenters. The van der Waals surface area contributed by atoms with Gasteiger partial charge in [-0.2, -0.15) is 0 Å². The Morgan fingerprint density at radius 1 is 1.27 bits per heavy atom. The second-order valence-electron chi connectivity index (χ2n) is 4.33. The molecule has 0 fully saturated rings. The highest BCUT2D eigenvalue weighted by Gasteiger charge is 2.18. The van der Waals surface area contributed by atoms with Crippen molar-refractivity contribution in [2.45, 2.75) is 6.92 Å². The molecule has 2 aromatic rings. The molecule has 0 saturated heterocycles. The molecule has 7 heteroatoms. The van der Waals surface area contributed by atoms with Crippen LogP contribution in [0.5, 0.6) is 5.75 Å². The highest BCUT2D eigenvalue weighted by Crippen LogP contribution is 2.28. The predicted octanol–water partition coefficient (Wildman–Crippen LogP) is 3.90. The van der Waals surface area contributed by atoms with Gasteiger partial charge in [-0.15, -0.1) is 0 Å². The number of hydrogen-bond donors (Lipinski definition) is 1. The number of benzene rings is 2. The van der Waals surface area contributed by atoms with Gasteiger partial charge in [0.15, 0.2) is 5.75 Å². The van der Waals surface area contributed by atoms with Gasteiger partial charge in [0.05, 0.1) is 11.5 Å². The Morgan fingerprint density at radius 3 is 2.55 bits per heavy atom. The molecule has 1 N–H and O–H groups in total. The Labute approximate surface area is 131 Å². The monoisotopic (exact) mass is 320 g/mol. The van der Waals surface area contributed by atoms with Gasteiger partial charge in [0, 0.05) is 22.3 Å². The standard InChI is InChI=1S/C15H13ClN2O4/c1-2-22-14-8-3-10(9-13(14)18(20)21)15(19)17-12-6-4-11(16)5-7-12/h3-9H,2H2,1H3,(H,17,19). The van der Waals surface area contributed by atoms with Crippen LogP contribution in [0.2, 0.25) is 5.02 Å². The zero-order valence-corrected chi connectivity index (χ0v) is 12.5. The van der Waals surface area contributed by atoms with E-state index in [0.717, 1.165) is 0 Å². The first-order valence-electron chi connectivity index (χ1n) is 6.49. The van der Waals surface area contributed by atoms with Gasteiger partial charge in [0.1, 0.15) is 0 Å². The molecule has 2 aromatic carbocycles. The van der Waals surface area contributed by atoms with Gasteiger partial charge in [-0.3, -0.25) is 14.9 Å². The van der Waals surface area contributed by atoms with Crippen molar-refractivity contribution in [3.05, 3.63) is 63.2 Å². The number of anilines is 1. The first kappa shape index (κ1) is 15.8. The summed E-state index contributed by atoms with van der Waals surface area (Å²) in [7, 11) is 0. The lowest BCUT2D eigenvalue weighted by Gasteiger charge is -2.08. The topological polar surface area (TPSA) is 81.5 Å². The zero-order valence-electron chi connectivity index (χ0n) is 11.7. The Bertz CT molecular complexity index is 701. The van der Waals surface area contributed by atoms with E-state index >= 15 is 0 Å². The molecule has 0 aromatic heterocycles. The molecule has 0 bridgehead atoms. The summed E-state index contributed by atoms with van der Waals surface area (Å²) in [4.78, 5) is 22.6. The first-order valence-corrected chi connectivity index (χ1v) is 6.87. The van der Waals surface area contributed by atoms with Gasteiger partial charge < -0.3 is 10.1 Å². The van der Waals surface area contributed by atoms with Gasteiger partial charge >= 0.3 is 5.69 Å². The average Bonchev–Trinajstić information content (AvgIpc) is 2.50. The van der Waals surface area contributed by atoms with Crippen LogP contribution < -0.4 is 10.1 Å². The fourth-order valence-electron chi connectivity index (χ4n) is 1.82. The third-order valence-electron chi connectivity index (χ3n) is 2.82. The molecular weight excluding hydrogens is 308 g/mol. The maximum absolute atomic E-state index is 12.1. The largest absolute Gasteiger partial charge is 0.487 e. The van der Waals surface area contributed by atoms with Gasteiger partial charge in [-0.1, -0.05) is 11.6 Å². The van der Waals surface area contributed by atoms with Crippen molar-refractivity contribution >= 4 is 28.9 Å². The Balaban J connectivity index is 2.24. The van der Waals surface area contributed by atoms with Crippen LogP contribution in [0.3, 0.4) is 0 Å². The van der Waals surface area contributed by atoms with Crippen molar-refractivity contribution in [2.75, 3.05) is 11.9 Å². The van der Waals surface area contributed by atoms with E-state index < -0.39 is 10.8 Å². The molecular formula is C15H13ClN2O4. The van der Waals surface area contributed by atoms with Crippen molar-refractivity contribution in [1.82, 2.24) is 0 Å². The summed E-state index contributed by atoms with van der Waals surface area (Å²) in [5.41, 5.74) is 0.474. The number of amides is 1. The number of hydrogen-bond acceptors (Lipinski definition) is 4. The Morgan fingerprint density at radius 2 is 1.95 bits per heavy atom. The fraction of sp³-hybridized carbons (Fsp3) is 0.133. The van der Waals surface area contributed by atoms with Crippen molar-refractivity contribution in [1.29, 1.82) is 0 Å². The average molecular weight is 321 g/mol. The minimum atomic E-state index is -0.579. The normalized spacial score (nSPS) is 10.1. The number of carbonyl (C=O) groups excluding carboxylic acids is 1. The van der Waals surface area contributed by atoms with E-state index in [1.165, 1.54) is 18.2 Å². The van der Waals surface area contributed by atoms with Gasteiger partial charge in [0.2, 0.25) is 0 Å². The summed E-state index contributed by atoms with van der Waals surface area (Å²) in [5, 5.41) is 14.2. The highest BCUT2D eigenvalue weighted by atomic mass is 35.5. The molecule has 2 rings (SSSR count). The van der Waals surface area contributed by atoms with Gasteiger partial charge in [-0.25, -0.2) is 0 Å². The maximum Gasteiger partial charge on any atom is 0.311 e. The molecule has 0 heterocycles. The molecule has 0 aliphatic heterocycles. The summed E-state index contributed by atoms with van der Waals surface area (Å²) in [6, 6.07) is 10.6. The molecule has 0 radical (unpaired) electrons. The van der Waals surface area contributed by atoms with E-state index in [1.807, 2.05) is 0 Å². The second kappa shape index (κ2) is 6.91. The van der Waals surface area contributed by atoms with Gasteiger partial charge in [-0.05, 0) is 43.3 Å².